The summed E-state index contributed by atoms with van der Waals surface area (Å²) in [6.07, 6.45) is 0.888. The Morgan fingerprint density at radius 1 is 1.06 bits per heavy atom. The van der Waals surface area contributed by atoms with Crippen molar-refractivity contribution in [3.05, 3.63) is 52.8 Å². The Morgan fingerprint density at radius 3 is 2.39 bits per heavy atom. The van der Waals surface area contributed by atoms with Gasteiger partial charge >= 0.3 is 0 Å². The minimum atomic E-state index is -0.200. The van der Waals surface area contributed by atoms with Crippen molar-refractivity contribution in [3.8, 4) is 11.5 Å². The maximum Gasteiger partial charge on any atom is 0.194 e. The minimum absolute atomic E-state index is 0. The Bertz CT molecular complexity index is 982. The van der Waals surface area contributed by atoms with Gasteiger partial charge in [-0.2, -0.15) is 0 Å². The van der Waals surface area contributed by atoms with Crippen LogP contribution in [-0.4, -0.2) is 65.0 Å². The molecule has 7 nitrogen and oxygen atoms in total. The summed E-state index contributed by atoms with van der Waals surface area (Å²) in [7, 11) is 5.07. The van der Waals surface area contributed by atoms with E-state index in [4.69, 9.17) is 14.2 Å². The number of hydrogen-bond acceptors (Lipinski definition) is 5. The molecule has 0 saturated carbocycles. The molecular weight excluding hydrogens is 538 g/mol. The smallest absolute Gasteiger partial charge is 0.194 e. The van der Waals surface area contributed by atoms with E-state index in [0.717, 1.165) is 42.5 Å². The van der Waals surface area contributed by atoms with E-state index in [-0.39, 0.29) is 29.8 Å². The zero-order chi connectivity index (χ0) is 22.5. The predicted molar refractivity (Wildman–Crippen MR) is 139 cm³/mol. The lowest BCUT2D eigenvalue weighted by molar-refractivity contribution is 0.122. The zero-order valence-corrected chi connectivity index (χ0v) is 21.7. The first-order chi connectivity index (χ1) is 15.6. The lowest BCUT2D eigenvalue weighted by atomic mass is 9.99. The Labute approximate surface area is 211 Å². The number of anilines is 1. The molecule has 0 spiro atoms. The van der Waals surface area contributed by atoms with Gasteiger partial charge in [0.2, 0.25) is 0 Å². The van der Waals surface area contributed by atoms with Crippen molar-refractivity contribution in [3.63, 3.8) is 0 Å². The van der Waals surface area contributed by atoms with Gasteiger partial charge < -0.3 is 29.3 Å². The van der Waals surface area contributed by atoms with Crippen molar-refractivity contribution in [2.24, 2.45) is 4.99 Å². The van der Waals surface area contributed by atoms with Crippen LogP contribution in [0.1, 0.15) is 16.7 Å². The summed E-state index contributed by atoms with van der Waals surface area (Å²) in [6.45, 7) is 4.77. The molecule has 9 heteroatoms. The number of benzene rings is 2. The van der Waals surface area contributed by atoms with E-state index < -0.39 is 0 Å². The molecule has 0 aliphatic carbocycles. The van der Waals surface area contributed by atoms with Crippen molar-refractivity contribution in [1.29, 1.82) is 0 Å². The number of fused-ring (bicyclic) bond motifs is 1. The molecule has 0 aromatic heterocycles. The second-order valence-corrected chi connectivity index (χ2v) is 7.93. The van der Waals surface area contributed by atoms with E-state index in [9.17, 15) is 4.39 Å². The maximum absolute atomic E-state index is 14.7. The van der Waals surface area contributed by atoms with Crippen LogP contribution in [0.15, 0.2) is 35.3 Å². The fourth-order valence-electron chi connectivity index (χ4n) is 4.30. The molecule has 4 rings (SSSR count). The number of nitrogens with zero attached hydrogens (tertiary/aromatic N) is 3. The summed E-state index contributed by atoms with van der Waals surface area (Å²) < 4.78 is 31.0. The molecule has 0 amide bonds. The predicted octanol–water partition coefficient (Wildman–Crippen LogP) is 3.43. The van der Waals surface area contributed by atoms with Gasteiger partial charge in [0.15, 0.2) is 17.5 Å². The molecule has 2 aliphatic heterocycles. The second kappa shape index (κ2) is 11.7. The first-order valence-corrected chi connectivity index (χ1v) is 10.9. The molecule has 0 radical (unpaired) electrons. The van der Waals surface area contributed by atoms with Gasteiger partial charge in [-0.1, -0.05) is 6.07 Å². The van der Waals surface area contributed by atoms with E-state index in [0.29, 0.717) is 38.5 Å². The van der Waals surface area contributed by atoms with Crippen molar-refractivity contribution in [1.82, 2.24) is 10.2 Å². The van der Waals surface area contributed by atoms with Crippen LogP contribution < -0.4 is 19.7 Å². The molecule has 1 fully saturated rings. The van der Waals surface area contributed by atoms with E-state index in [1.165, 1.54) is 11.1 Å². The number of nitrogens with one attached hydrogen (secondary N) is 1. The Hall–Kier alpha value is -2.27. The summed E-state index contributed by atoms with van der Waals surface area (Å²) in [5, 5.41) is 3.38. The molecule has 1 saturated heterocycles. The first kappa shape index (κ1) is 25.4. The van der Waals surface area contributed by atoms with Crippen LogP contribution in [0.25, 0.3) is 0 Å². The third-order valence-electron chi connectivity index (χ3n) is 6.04. The summed E-state index contributed by atoms with van der Waals surface area (Å²) >= 11 is 0. The first-order valence-electron chi connectivity index (χ1n) is 10.9. The molecule has 2 aromatic rings. The van der Waals surface area contributed by atoms with Crippen molar-refractivity contribution in [2.75, 3.05) is 59.0 Å². The van der Waals surface area contributed by atoms with Gasteiger partial charge in [-0.3, -0.25) is 4.99 Å². The number of rotatable bonds is 5. The van der Waals surface area contributed by atoms with Crippen LogP contribution in [0.4, 0.5) is 10.1 Å². The zero-order valence-electron chi connectivity index (χ0n) is 19.4. The topological polar surface area (TPSA) is 58.6 Å². The quantitative estimate of drug-likeness (QED) is 0.338. The largest absolute Gasteiger partial charge is 0.493 e. The molecule has 0 bridgehead atoms. The number of aliphatic imine (C=N–C) groups is 1. The van der Waals surface area contributed by atoms with Gasteiger partial charge in [0.25, 0.3) is 0 Å². The van der Waals surface area contributed by atoms with Crippen molar-refractivity contribution < 1.29 is 18.6 Å². The van der Waals surface area contributed by atoms with E-state index >= 15 is 0 Å². The van der Waals surface area contributed by atoms with Gasteiger partial charge in [0.05, 0.1) is 33.1 Å². The van der Waals surface area contributed by atoms with Gasteiger partial charge in [-0.25, -0.2) is 4.39 Å². The van der Waals surface area contributed by atoms with Gasteiger partial charge in [-0.05, 0) is 47.4 Å². The third kappa shape index (κ3) is 5.81. The summed E-state index contributed by atoms with van der Waals surface area (Å²) in [5.41, 5.74) is 3.97. The normalized spacial score (nSPS) is 16.1. The van der Waals surface area contributed by atoms with Crippen LogP contribution in [0.2, 0.25) is 0 Å². The van der Waals surface area contributed by atoms with Gasteiger partial charge in [-0.15, -0.1) is 24.0 Å². The average molecular weight is 570 g/mol. The molecule has 180 valence electrons. The molecular formula is C24H32FIN4O3. The van der Waals surface area contributed by atoms with Crippen molar-refractivity contribution in [2.45, 2.75) is 19.5 Å². The Kier molecular flexibility index (Phi) is 9.02. The lowest BCUT2D eigenvalue weighted by Gasteiger charge is -2.32. The average Bonchev–Trinajstić information content (AvgIpc) is 2.84. The third-order valence-corrected chi connectivity index (χ3v) is 6.04. The Balaban J connectivity index is 0.00000306. The highest BCUT2D eigenvalue weighted by Gasteiger charge is 2.22. The van der Waals surface area contributed by atoms with Crippen LogP contribution in [0.3, 0.4) is 0 Å². The van der Waals surface area contributed by atoms with Crippen molar-refractivity contribution >= 4 is 35.6 Å². The maximum atomic E-state index is 14.7. The highest BCUT2D eigenvalue weighted by atomic mass is 127. The van der Waals surface area contributed by atoms with Crippen LogP contribution in [0, 0.1) is 5.82 Å². The highest BCUT2D eigenvalue weighted by Crippen LogP contribution is 2.33. The van der Waals surface area contributed by atoms with Crippen LogP contribution >= 0.6 is 24.0 Å². The summed E-state index contributed by atoms with van der Waals surface area (Å²) in [4.78, 5) is 8.68. The fourth-order valence-corrected chi connectivity index (χ4v) is 4.30. The molecule has 0 atom stereocenters. The number of guanidine groups is 1. The standard InChI is InChI=1S/C24H31FN4O3.HI/c1-26-24(29-7-6-18-13-22(30-2)23(31-3)14-19(18)16-29)27-15-17-4-5-21(20(25)12-17)28-8-10-32-11-9-28;/h4-5,12-14H,6-11,15-16H2,1-3H3,(H,26,27);1H. The second-order valence-electron chi connectivity index (χ2n) is 7.93. The number of ether oxygens (including phenoxy) is 3. The summed E-state index contributed by atoms with van der Waals surface area (Å²) in [5.74, 6) is 2.08. The molecule has 1 N–H and O–H groups in total. The number of morpholine rings is 1. The van der Waals surface area contributed by atoms with E-state index in [2.05, 4.69) is 21.3 Å². The minimum Gasteiger partial charge on any atom is -0.493 e. The molecule has 2 aliphatic rings. The van der Waals surface area contributed by atoms with Crippen LogP contribution in [0.5, 0.6) is 11.5 Å². The van der Waals surface area contributed by atoms with Crippen LogP contribution in [-0.2, 0) is 24.2 Å². The highest BCUT2D eigenvalue weighted by molar-refractivity contribution is 14.0. The monoisotopic (exact) mass is 570 g/mol. The lowest BCUT2D eigenvalue weighted by Crippen LogP contribution is -2.43. The SMILES string of the molecule is CN=C(NCc1ccc(N2CCOCC2)c(F)c1)N1CCc2cc(OC)c(OC)cc2C1.I. The van der Waals surface area contributed by atoms with Gasteiger partial charge in [0, 0.05) is 39.8 Å². The number of hydrogen-bond donors (Lipinski definition) is 1. The molecule has 33 heavy (non-hydrogen) atoms. The number of methoxy groups -OCH3 is 2. The summed E-state index contributed by atoms with van der Waals surface area (Å²) in [6, 6.07) is 9.52. The van der Waals surface area contributed by atoms with Gasteiger partial charge in [0.1, 0.15) is 5.82 Å². The Morgan fingerprint density at radius 2 is 1.76 bits per heavy atom. The fraction of sp³-hybridized carbons (Fsp3) is 0.458. The molecule has 0 unspecified atom stereocenters. The van der Waals surface area contributed by atoms with E-state index in [1.54, 1.807) is 27.3 Å². The molecule has 2 heterocycles. The molecule has 2 aromatic carbocycles. The number of halogens is 2. The van der Waals surface area contributed by atoms with E-state index in [1.807, 2.05) is 23.1 Å².